The highest BCUT2D eigenvalue weighted by Gasteiger charge is 2.23. The number of esters is 1. The number of H-pyrrole nitrogens is 1. The van der Waals surface area contributed by atoms with Crippen molar-refractivity contribution in [2.24, 2.45) is 0 Å². The topological polar surface area (TPSA) is 110 Å². The molecule has 0 aliphatic carbocycles. The number of carbonyl (C=O) groups excluding carboxylic acids is 2. The van der Waals surface area contributed by atoms with Crippen LogP contribution in [0, 0.1) is 13.8 Å². The van der Waals surface area contributed by atoms with Crippen molar-refractivity contribution in [2.75, 3.05) is 33.5 Å². The zero-order chi connectivity index (χ0) is 22.3. The maximum Gasteiger partial charge on any atom is 0.340 e. The van der Waals surface area contributed by atoms with Gasteiger partial charge in [-0.15, -0.1) is 0 Å². The standard InChI is InChI=1S/C20H24Cl2N2O6/c1-11-16(20(27)29-8-7-28-3)12(2)24-18(11)19(26)23-9-13(25)10-30-15-6-4-5-14(21)17(15)22/h4-6,13,24-25H,7-10H2,1-3H3,(H,23,26). The molecule has 0 bridgehead atoms. The van der Waals surface area contributed by atoms with Gasteiger partial charge in [-0.05, 0) is 31.5 Å². The summed E-state index contributed by atoms with van der Waals surface area (Å²) in [6, 6.07) is 4.92. The third kappa shape index (κ3) is 6.12. The molecule has 0 aliphatic heterocycles. The van der Waals surface area contributed by atoms with Gasteiger partial charge < -0.3 is 29.6 Å². The van der Waals surface area contributed by atoms with Gasteiger partial charge in [-0.25, -0.2) is 4.79 Å². The number of methoxy groups -OCH3 is 1. The first-order valence-corrected chi connectivity index (χ1v) is 9.90. The van der Waals surface area contributed by atoms with Crippen molar-refractivity contribution in [1.82, 2.24) is 10.3 Å². The second-order valence-corrected chi connectivity index (χ2v) is 7.27. The average molecular weight is 459 g/mol. The lowest BCUT2D eigenvalue weighted by molar-refractivity contribution is 0.0386. The fraction of sp³-hybridized carbons (Fsp3) is 0.400. The van der Waals surface area contributed by atoms with Crippen molar-refractivity contribution in [1.29, 1.82) is 0 Å². The number of hydrogen-bond acceptors (Lipinski definition) is 6. The van der Waals surface area contributed by atoms with E-state index in [0.717, 1.165) is 0 Å². The molecule has 1 unspecified atom stereocenters. The molecule has 0 spiro atoms. The van der Waals surface area contributed by atoms with Gasteiger partial charge in [0, 0.05) is 19.3 Å². The quantitative estimate of drug-likeness (QED) is 0.372. The van der Waals surface area contributed by atoms with Gasteiger partial charge in [-0.1, -0.05) is 29.3 Å². The van der Waals surface area contributed by atoms with Crippen LogP contribution in [0.3, 0.4) is 0 Å². The molecule has 1 aromatic heterocycles. The summed E-state index contributed by atoms with van der Waals surface area (Å²) in [5.74, 6) is -0.669. The summed E-state index contributed by atoms with van der Waals surface area (Å²) in [4.78, 5) is 27.6. The van der Waals surface area contributed by atoms with Crippen LogP contribution in [-0.2, 0) is 9.47 Å². The fourth-order valence-electron chi connectivity index (χ4n) is 2.71. The van der Waals surface area contributed by atoms with Crippen molar-refractivity contribution >= 4 is 35.1 Å². The number of aliphatic hydroxyl groups excluding tert-OH is 1. The Labute approximate surface area is 184 Å². The van der Waals surface area contributed by atoms with Crippen LogP contribution in [-0.4, -0.2) is 61.5 Å². The van der Waals surface area contributed by atoms with E-state index in [0.29, 0.717) is 27.6 Å². The Bertz CT molecular complexity index is 900. The number of ether oxygens (including phenoxy) is 3. The van der Waals surface area contributed by atoms with Crippen LogP contribution < -0.4 is 10.1 Å². The number of carbonyl (C=O) groups is 2. The van der Waals surface area contributed by atoms with Crippen LogP contribution in [0.2, 0.25) is 10.0 Å². The van der Waals surface area contributed by atoms with Crippen molar-refractivity contribution in [3.05, 3.63) is 50.8 Å². The van der Waals surface area contributed by atoms with Crippen LogP contribution in [0.1, 0.15) is 32.1 Å². The van der Waals surface area contributed by atoms with Gasteiger partial charge in [-0.2, -0.15) is 0 Å². The minimum atomic E-state index is -0.987. The number of nitrogens with one attached hydrogen (secondary N) is 2. The number of halogens is 2. The van der Waals surface area contributed by atoms with Crippen LogP contribution in [0.25, 0.3) is 0 Å². The molecule has 0 fully saturated rings. The first-order valence-electron chi connectivity index (χ1n) is 9.14. The Morgan fingerprint density at radius 3 is 2.67 bits per heavy atom. The summed E-state index contributed by atoms with van der Waals surface area (Å²) >= 11 is 11.9. The molecule has 164 valence electrons. The molecule has 2 aromatic rings. The molecular formula is C20H24Cl2N2O6. The molecule has 1 aromatic carbocycles. The minimum absolute atomic E-state index is 0.0673. The molecule has 0 radical (unpaired) electrons. The van der Waals surface area contributed by atoms with Crippen molar-refractivity contribution in [3.63, 3.8) is 0 Å². The SMILES string of the molecule is COCCOC(=O)c1c(C)[nH]c(C(=O)NCC(O)COc2cccc(Cl)c2Cl)c1C. The predicted molar refractivity (Wildman–Crippen MR) is 113 cm³/mol. The Morgan fingerprint density at radius 2 is 1.97 bits per heavy atom. The van der Waals surface area contributed by atoms with Gasteiger partial charge in [0.15, 0.2) is 0 Å². The Morgan fingerprint density at radius 1 is 1.23 bits per heavy atom. The number of aromatic nitrogens is 1. The highest BCUT2D eigenvalue weighted by molar-refractivity contribution is 6.42. The summed E-state index contributed by atoms with van der Waals surface area (Å²) in [6.07, 6.45) is -0.987. The number of benzene rings is 1. The number of hydrogen-bond donors (Lipinski definition) is 3. The molecule has 1 amide bonds. The lowest BCUT2D eigenvalue weighted by atomic mass is 10.1. The largest absolute Gasteiger partial charge is 0.489 e. The molecule has 3 N–H and O–H groups in total. The Hall–Kier alpha value is -2.26. The number of aliphatic hydroxyl groups is 1. The summed E-state index contributed by atoms with van der Waals surface area (Å²) < 4.78 is 15.4. The molecule has 0 saturated carbocycles. The highest BCUT2D eigenvalue weighted by Crippen LogP contribution is 2.31. The van der Waals surface area contributed by atoms with Gasteiger partial charge in [0.25, 0.3) is 5.91 Å². The molecule has 1 atom stereocenters. The third-order valence-corrected chi connectivity index (χ3v) is 5.04. The van der Waals surface area contributed by atoms with Gasteiger partial charge in [-0.3, -0.25) is 4.79 Å². The van der Waals surface area contributed by atoms with Gasteiger partial charge in [0.2, 0.25) is 0 Å². The molecule has 0 aliphatic rings. The van der Waals surface area contributed by atoms with E-state index >= 15 is 0 Å². The van der Waals surface area contributed by atoms with Crippen molar-refractivity contribution in [2.45, 2.75) is 20.0 Å². The van der Waals surface area contributed by atoms with Crippen LogP contribution in [0.4, 0.5) is 0 Å². The highest BCUT2D eigenvalue weighted by atomic mass is 35.5. The summed E-state index contributed by atoms with van der Waals surface area (Å²) in [5, 5.41) is 13.3. The molecule has 10 heteroatoms. The summed E-state index contributed by atoms with van der Waals surface area (Å²) in [5.41, 5.74) is 1.50. The number of aromatic amines is 1. The van der Waals surface area contributed by atoms with Gasteiger partial charge in [0.05, 0.1) is 17.2 Å². The van der Waals surface area contributed by atoms with E-state index < -0.39 is 18.0 Å². The second-order valence-electron chi connectivity index (χ2n) is 6.48. The van der Waals surface area contributed by atoms with E-state index in [1.54, 1.807) is 32.0 Å². The maximum atomic E-state index is 12.5. The summed E-state index contributed by atoms with van der Waals surface area (Å²) in [7, 11) is 1.51. The molecule has 1 heterocycles. The lowest BCUT2D eigenvalue weighted by Gasteiger charge is -2.14. The van der Waals surface area contributed by atoms with Crippen LogP contribution >= 0.6 is 23.2 Å². The van der Waals surface area contributed by atoms with E-state index in [9.17, 15) is 14.7 Å². The zero-order valence-electron chi connectivity index (χ0n) is 16.9. The fourth-order valence-corrected chi connectivity index (χ4v) is 3.06. The average Bonchev–Trinajstić information content (AvgIpc) is 3.01. The van der Waals surface area contributed by atoms with Gasteiger partial charge in [0.1, 0.15) is 35.8 Å². The molecular weight excluding hydrogens is 435 g/mol. The lowest BCUT2D eigenvalue weighted by Crippen LogP contribution is -2.35. The van der Waals surface area contributed by atoms with E-state index in [2.05, 4.69) is 10.3 Å². The molecule has 30 heavy (non-hydrogen) atoms. The molecule has 8 nitrogen and oxygen atoms in total. The summed E-state index contributed by atoms with van der Waals surface area (Å²) in [6.45, 7) is 3.55. The van der Waals surface area contributed by atoms with E-state index in [1.807, 2.05) is 0 Å². The first kappa shape index (κ1) is 24.0. The predicted octanol–water partition coefficient (Wildman–Crippen LogP) is 2.91. The van der Waals surface area contributed by atoms with E-state index in [1.165, 1.54) is 7.11 Å². The minimum Gasteiger partial charge on any atom is -0.489 e. The normalized spacial score (nSPS) is 11.8. The van der Waals surface area contributed by atoms with Crippen molar-refractivity contribution in [3.8, 4) is 5.75 Å². The van der Waals surface area contributed by atoms with Gasteiger partial charge >= 0.3 is 5.97 Å². The monoisotopic (exact) mass is 458 g/mol. The number of aryl methyl sites for hydroxylation is 1. The molecule has 0 saturated heterocycles. The molecule has 2 rings (SSSR count). The van der Waals surface area contributed by atoms with E-state index in [-0.39, 0.29) is 37.1 Å². The number of amides is 1. The second kappa shape index (κ2) is 11.2. The van der Waals surface area contributed by atoms with Crippen LogP contribution in [0.5, 0.6) is 5.75 Å². The van der Waals surface area contributed by atoms with Crippen LogP contribution in [0.15, 0.2) is 18.2 Å². The smallest absolute Gasteiger partial charge is 0.340 e. The number of rotatable bonds is 10. The van der Waals surface area contributed by atoms with Crippen molar-refractivity contribution < 1.29 is 28.9 Å². The maximum absolute atomic E-state index is 12.5. The Kier molecular flexibility index (Phi) is 8.98. The zero-order valence-corrected chi connectivity index (χ0v) is 18.4. The third-order valence-electron chi connectivity index (χ3n) is 4.23. The van der Waals surface area contributed by atoms with E-state index in [4.69, 9.17) is 37.4 Å². The first-order chi connectivity index (χ1) is 14.3. The Balaban J connectivity index is 1.92.